The summed E-state index contributed by atoms with van der Waals surface area (Å²) in [6.07, 6.45) is 2.38. The molecule has 2 atom stereocenters. The second-order valence-corrected chi connectivity index (χ2v) is 8.92. The van der Waals surface area contributed by atoms with Crippen LogP contribution in [0, 0.1) is 5.92 Å². The van der Waals surface area contributed by atoms with E-state index in [4.69, 9.17) is 4.74 Å². The summed E-state index contributed by atoms with van der Waals surface area (Å²) in [5, 5.41) is 0. The van der Waals surface area contributed by atoms with Crippen molar-refractivity contribution >= 4 is 6.09 Å². The first-order valence-electron chi connectivity index (χ1n) is 11.7. The van der Waals surface area contributed by atoms with E-state index in [0.717, 1.165) is 44.8 Å². The van der Waals surface area contributed by atoms with E-state index in [1.807, 2.05) is 35.2 Å². The number of piperidine rings is 1. The first kappa shape index (κ1) is 21.8. The number of ether oxygens (including phenoxy) is 1. The van der Waals surface area contributed by atoms with Crippen molar-refractivity contribution in [1.29, 1.82) is 0 Å². The maximum absolute atomic E-state index is 12.4. The number of benzene rings is 2. The number of piperazine rings is 1. The van der Waals surface area contributed by atoms with E-state index >= 15 is 0 Å². The van der Waals surface area contributed by atoms with Gasteiger partial charge in [0, 0.05) is 45.3 Å². The van der Waals surface area contributed by atoms with Crippen molar-refractivity contribution < 1.29 is 9.53 Å². The number of hydrogen-bond acceptors (Lipinski definition) is 4. The van der Waals surface area contributed by atoms with Gasteiger partial charge in [0.25, 0.3) is 0 Å². The van der Waals surface area contributed by atoms with Gasteiger partial charge in [-0.15, -0.1) is 0 Å². The third-order valence-electron chi connectivity index (χ3n) is 6.73. The Kier molecular flexibility index (Phi) is 7.60. The second-order valence-electron chi connectivity index (χ2n) is 8.92. The Hall–Kier alpha value is -2.37. The molecule has 2 aromatic carbocycles. The molecular weight excluding hydrogens is 386 g/mol. The number of hydrogen-bond donors (Lipinski definition) is 0. The van der Waals surface area contributed by atoms with Crippen molar-refractivity contribution in [2.24, 2.45) is 5.92 Å². The Morgan fingerprint density at radius 1 is 0.968 bits per heavy atom. The normalized spacial score (nSPS) is 21.6. The van der Waals surface area contributed by atoms with E-state index < -0.39 is 0 Å². The molecule has 2 fully saturated rings. The van der Waals surface area contributed by atoms with Gasteiger partial charge in [0.2, 0.25) is 0 Å². The number of nitrogens with zero attached hydrogens (tertiary/aromatic N) is 3. The number of amides is 1. The predicted molar refractivity (Wildman–Crippen MR) is 124 cm³/mol. The van der Waals surface area contributed by atoms with Crippen molar-refractivity contribution in [2.75, 3.05) is 45.8 Å². The van der Waals surface area contributed by atoms with Crippen LogP contribution in [0.3, 0.4) is 0 Å². The minimum absolute atomic E-state index is 0.191. The fourth-order valence-corrected chi connectivity index (χ4v) is 4.83. The molecule has 5 heteroatoms. The van der Waals surface area contributed by atoms with E-state index in [-0.39, 0.29) is 6.09 Å². The molecule has 2 saturated heterocycles. The van der Waals surface area contributed by atoms with Crippen LogP contribution in [0.4, 0.5) is 4.79 Å². The zero-order valence-corrected chi connectivity index (χ0v) is 18.7. The highest BCUT2D eigenvalue weighted by atomic mass is 16.6. The fraction of sp³-hybridized carbons (Fsp3) is 0.500. The lowest BCUT2D eigenvalue weighted by atomic mass is 9.94. The van der Waals surface area contributed by atoms with Crippen molar-refractivity contribution in [1.82, 2.24) is 14.7 Å². The molecule has 0 N–H and O–H groups in total. The summed E-state index contributed by atoms with van der Waals surface area (Å²) in [7, 11) is 0. The second kappa shape index (κ2) is 10.8. The molecule has 0 saturated carbocycles. The van der Waals surface area contributed by atoms with Crippen LogP contribution in [0.15, 0.2) is 60.7 Å². The van der Waals surface area contributed by atoms with Crippen molar-refractivity contribution in [3.8, 4) is 0 Å². The Bertz CT molecular complexity index is 806. The van der Waals surface area contributed by atoms with Gasteiger partial charge in [0.1, 0.15) is 6.61 Å². The Morgan fingerprint density at radius 3 is 2.35 bits per heavy atom. The molecule has 0 radical (unpaired) electrons. The molecule has 2 aliphatic heterocycles. The van der Waals surface area contributed by atoms with Gasteiger partial charge in [0.15, 0.2) is 0 Å². The van der Waals surface area contributed by atoms with Gasteiger partial charge in [-0.25, -0.2) is 4.79 Å². The zero-order valence-electron chi connectivity index (χ0n) is 18.7. The zero-order chi connectivity index (χ0) is 21.5. The third-order valence-corrected chi connectivity index (χ3v) is 6.73. The van der Waals surface area contributed by atoms with Crippen molar-refractivity contribution in [2.45, 2.75) is 32.4 Å². The van der Waals surface area contributed by atoms with E-state index in [1.54, 1.807) is 0 Å². The smallest absolute Gasteiger partial charge is 0.410 e. The van der Waals surface area contributed by atoms with Gasteiger partial charge in [-0.1, -0.05) is 60.7 Å². The lowest BCUT2D eigenvalue weighted by Gasteiger charge is -2.40. The average Bonchev–Trinajstić information content (AvgIpc) is 2.84. The summed E-state index contributed by atoms with van der Waals surface area (Å²) in [6.45, 7) is 9.54. The molecule has 5 nitrogen and oxygen atoms in total. The molecule has 4 rings (SSSR count). The van der Waals surface area contributed by atoms with Gasteiger partial charge < -0.3 is 9.64 Å². The molecule has 0 spiro atoms. The maximum atomic E-state index is 12.4. The van der Waals surface area contributed by atoms with Gasteiger partial charge in [-0.2, -0.15) is 0 Å². The predicted octanol–water partition coefficient (Wildman–Crippen LogP) is 4.41. The third kappa shape index (κ3) is 6.08. The molecule has 2 aliphatic rings. The van der Waals surface area contributed by atoms with Crippen LogP contribution >= 0.6 is 0 Å². The maximum Gasteiger partial charge on any atom is 0.410 e. The van der Waals surface area contributed by atoms with Gasteiger partial charge in [-0.05, 0) is 43.4 Å². The summed E-state index contributed by atoms with van der Waals surface area (Å²) in [5.41, 5.74) is 2.44. The summed E-state index contributed by atoms with van der Waals surface area (Å²) < 4.78 is 5.50. The molecule has 166 valence electrons. The van der Waals surface area contributed by atoms with Gasteiger partial charge >= 0.3 is 6.09 Å². The van der Waals surface area contributed by atoms with Crippen LogP contribution in [-0.4, -0.2) is 66.6 Å². The molecule has 0 bridgehead atoms. The number of likely N-dealkylation sites (tertiary alicyclic amines) is 1. The average molecular weight is 422 g/mol. The monoisotopic (exact) mass is 421 g/mol. The topological polar surface area (TPSA) is 36.0 Å². The summed E-state index contributed by atoms with van der Waals surface area (Å²) in [5.74, 6) is 0.705. The highest BCUT2D eigenvalue weighted by molar-refractivity contribution is 5.67. The molecule has 1 unspecified atom stereocenters. The molecule has 1 amide bonds. The number of carbonyl (C=O) groups excluding carboxylic acids is 1. The summed E-state index contributed by atoms with van der Waals surface area (Å²) in [4.78, 5) is 19.4. The van der Waals surface area contributed by atoms with E-state index in [0.29, 0.717) is 18.6 Å². The number of rotatable bonds is 6. The Morgan fingerprint density at radius 2 is 1.65 bits per heavy atom. The van der Waals surface area contributed by atoms with Crippen molar-refractivity contribution in [3.05, 3.63) is 71.8 Å². The van der Waals surface area contributed by atoms with E-state index in [2.05, 4.69) is 47.1 Å². The van der Waals surface area contributed by atoms with Gasteiger partial charge in [-0.3, -0.25) is 9.80 Å². The standard InChI is InChI=1S/C26H35N3O2/c1-22(25-12-6-3-7-13-25)29-14-8-11-24(20-29)19-27-15-17-28(18-16-27)26(30)31-21-23-9-4-2-5-10-23/h2-7,9-10,12-13,22,24H,8,11,14-21H2,1H3/t22?,24-/m1/s1. The largest absolute Gasteiger partial charge is 0.445 e. The highest BCUT2D eigenvalue weighted by Gasteiger charge is 2.28. The number of carbonyl (C=O) groups is 1. The Labute approximate surface area is 186 Å². The van der Waals surface area contributed by atoms with Crippen LogP contribution in [0.5, 0.6) is 0 Å². The summed E-state index contributed by atoms with van der Waals surface area (Å²) >= 11 is 0. The van der Waals surface area contributed by atoms with Crippen LogP contribution < -0.4 is 0 Å². The quantitative estimate of drug-likeness (QED) is 0.692. The molecule has 2 aromatic rings. The highest BCUT2D eigenvalue weighted by Crippen LogP contribution is 2.27. The van der Waals surface area contributed by atoms with Gasteiger partial charge in [0.05, 0.1) is 0 Å². The van der Waals surface area contributed by atoms with Crippen molar-refractivity contribution in [3.63, 3.8) is 0 Å². The fourth-order valence-electron chi connectivity index (χ4n) is 4.83. The van der Waals surface area contributed by atoms with E-state index in [9.17, 15) is 4.79 Å². The van der Waals surface area contributed by atoms with E-state index in [1.165, 1.54) is 24.9 Å². The van der Waals surface area contributed by atoms with Crippen LogP contribution in [0.1, 0.15) is 36.9 Å². The summed E-state index contributed by atoms with van der Waals surface area (Å²) in [6, 6.07) is 21.2. The molecule has 0 aromatic heterocycles. The molecular formula is C26H35N3O2. The lowest BCUT2D eigenvalue weighted by molar-refractivity contribution is 0.0569. The van der Waals surface area contributed by atoms with Crippen LogP contribution in [-0.2, 0) is 11.3 Å². The SMILES string of the molecule is CC(c1ccccc1)N1CCC[C@H](CN2CCN(C(=O)OCc3ccccc3)CC2)C1. The minimum atomic E-state index is -0.191. The molecule has 0 aliphatic carbocycles. The lowest BCUT2D eigenvalue weighted by Crippen LogP contribution is -2.51. The van der Waals surface area contributed by atoms with Crippen LogP contribution in [0.2, 0.25) is 0 Å². The Balaban J connectivity index is 1.20. The molecule has 31 heavy (non-hydrogen) atoms. The first-order chi connectivity index (χ1) is 15.2. The minimum Gasteiger partial charge on any atom is -0.445 e. The van der Waals surface area contributed by atoms with Crippen LogP contribution in [0.25, 0.3) is 0 Å². The first-order valence-corrected chi connectivity index (χ1v) is 11.7. The molecule has 2 heterocycles.